The van der Waals surface area contributed by atoms with Crippen LogP contribution in [-0.4, -0.2) is 34.7 Å². The predicted octanol–water partition coefficient (Wildman–Crippen LogP) is 2.41. The van der Waals surface area contributed by atoms with Crippen molar-refractivity contribution >= 4 is 29.2 Å². The molecular formula is C10H14ClN3S. The number of hydrogen-bond acceptors (Lipinski definition) is 4. The predicted molar refractivity (Wildman–Crippen MR) is 64.9 cm³/mol. The average molecular weight is 244 g/mol. The standard InChI is InChI=1S/C10H14ClN3S/c1-15-10-5-9(12-7-13-10)14-4-2-3-8(14)6-11/h5,7-8H,2-4,6H2,1H3. The molecule has 1 saturated heterocycles. The average Bonchev–Trinajstić information content (AvgIpc) is 2.77. The highest BCUT2D eigenvalue weighted by molar-refractivity contribution is 7.98. The van der Waals surface area contributed by atoms with Crippen molar-refractivity contribution < 1.29 is 0 Å². The molecule has 0 saturated carbocycles. The van der Waals surface area contributed by atoms with E-state index in [9.17, 15) is 0 Å². The van der Waals surface area contributed by atoms with Gasteiger partial charge in [0.05, 0.1) is 0 Å². The second-order valence-electron chi connectivity index (χ2n) is 3.56. The monoisotopic (exact) mass is 243 g/mol. The lowest BCUT2D eigenvalue weighted by atomic mass is 10.2. The van der Waals surface area contributed by atoms with Crippen LogP contribution in [0.25, 0.3) is 0 Å². The van der Waals surface area contributed by atoms with Crippen molar-refractivity contribution in [1.29, 1.82) is 0 Å². The zero-order valence-electron chi connectivity index (χ0n) is 8.69. The molecule has 82 valence electrons. The van der Waals surface area contributed by atoms with Gasteiger partial charge >= 0.3 is 0 Å². The van der Waals surface area contributed by atoms with Crippen molar-refractivity contribution in [3.05, 3.63) is 12.4 Å². The minimum atomic E-state index is 0.441. The van der Waals surface area contributed by atoms with Crippen LogP contribution < -0.4 is 4.90 Å². The van der Waals surface area contributed by atoms with Crippen LogP contribution in [0.4, 0.5) is 5.82 Å². The normalized spacial score (nSPS) is 20.9. The smallest absolute Gasteiger partial charge is 0.133 e. The van der Waals surface area contributed by atoms with Crippen LogP contribution in [0.2, 0.25) is 0 Å². The van der Waals surface area contributed by atoms with Gasteiger partial charge in [0.15, 0.2) is 0 Å². The van der Waals surface area contributed by atoms with Gasteiger partial charge in [-0.05, 0) is 19.1 Å². The van der Waals surface area contributed by atoms with E-state index in [2.05, 4.69) is 14.9 Å². The highest BCUT2D eigenvalue weighted by atomic mass is 35.5. The zero-order chi connectivity index (χ0) is 10.7. The number of alkyl halides is 1. The van der Waals surface area contributed by atoms with Crippen molar-refractivity contribution in [3.8, 4) is 0 Å². The summed E-state index contributed by atoms with van der Waals surface area (Å²) in [4.78, 5) is 10.8. The molecule has 1 aromatic rings. The maximum atomic E-state index is 5.94. The van der Waals surface area contributed by atoms with Gasteiger partial charge in [-0.3, -0.25) is 0 Å². The number of thioether (sulfide) groups is 1. The first kappa shape index (κ1) is 11.0. The van der Waals surface area contributed by atoms with Crippen molar-refractivity contribution in [3.63, 3.8) is 0 Å². The molecule has 1 fully saturated rings. The topological polar surface area (TPSA) is 29.0 Å². The Morgan fingerprint density at radius 3 is 3.20 bits per heavy atom. The van der Waals surface area contributed by atoms with Crippen molar-refractivity contribution in [2.75, 3.05) is 23.6 Å². The van der Waals surface area contributed by atoms with E-state index in [1.165, 1.54) is 12.8 Å². The number of halogens is 1. The lowest BCUT2D eigenvalue weighted by Crippen LogP contribution is -2.31. The fraction of sp³-hybridized carbons (Fsp3) is 0.600. The molecule has 0 bridgehead atoms. The summed E-state index contributed by atoms with van der Waals surface area (Å²) in [6.07, 6.45) is 6.03. The molecule has 0 aliphatic carbocycles. The van der Waals surface area contributed by atoms with Crippen LogP contribution >= 0.6 is 23.4 Å². The van der Waals surface area contributed by atoms with Gasteiger partial charge in [0.1, 0.15) is 17.2 Å². The van der Waals surface area contributed by atoms with E-state index in [1.807, 2.05) is 12.3 Å². The molecule has 0 aromatic carbocycles. The third-order valence-electron chi connectivity index (χ3n) is 2.69. The van der Waals surface area contributed by atoms with Crippen LogP contribution in [0, 0.1) is 0 Å². The minimum Gasteiger partial charge on any atom is -0.352 e. The van der Waals surface area contributed by atoms with Gasteiger partial charge in [0, 0.05) is 24.5 Å². The molecule has 15 heavy (non-hydrogen) atoms. The third kappa shape index (κ3) is 2.37. The van der Waals surface area contributed by atoms with Crippen LogP contribution in [0.5, 0.6) is 0 Å². The molecule has 0 spiro atoms. The summed E-state index contributed by atoms with van der Waals surface area (Å²) in [5, 5.41) is 1.01. The number of anilines is 1. The molecule has 1 atom stereocenters. The highest BCUT2D eigenvalue weighted by Gasteiger charge is 2.24. The van der Waals surface area contributed by atoms with E-state index in [-0.39, 0.29) is 0 Å². The maximum absolute atomic E-state index is 5.94. The molecule has 2 heterocycles. The summed E-state index contributed by atoms with van der Waals surface area (Å²) in [7, 11) is 0. The first-order valence-electron chi connectivity index (χ1n) is 5.04. The van der Waals surface area contributed by atoms with Crippen molar-refractivity contribution in [2.24, 2.45) is 0 Å². The van der Waals surface area contributed by atoms with Crippen molar-refractivity contribution in [1.82, 2.24) is 9.97 Å². The van der Waals surface area contributed by atoms with Gasteiger partial charge < -0.3 is 4.90 Å². The first-order valence-corrected chi connectivity index (χ1v) is 6.79. The molecule has 3 nitrogen and oxygen atoms in total. The molecule has 1 aromatic heterocycles. The molecule has 1 unspecified atom stereocenters. The number of aromatic nitrogens is 2. The van der Waals surface area contributed by atoms with Gasteiger partial charge in [-0.1, -0.05) is 0 Å². The fourth-order valence-electron chi connectivity index (χ4n) is 1.90. The number of rotatable bonds is 3. The molecule has 0 amide bonds. The highest BCUT2D eigenvalue weighted by Crippen LogP contribution is 2.26. The Morgan fingerprint density at radius 1 is 1.60 bits per heavy atom. The molecule has 5 heteroatoms. The Labute approximate surface area is 99.2 Å². The summed E-state index contributed by atoms with van der Waals surface area (Å²) in [5.41, 5.74) is 0. The Hall–Kier alpha value is -0.480. The summed E-state index contributed by atoms with van der Waals surface area (Å²) in [6.45, 7) is 1.06. The Kier molecular flexibility index (Phi) is 3.70. The lowest BCUT2D eigenvalue weighted by molar-refractivity contribution is 0.730. The second-order valence-corrected chi connectivity index (χ2v) is 4.70. The zero-order valence-corrected chi connectivity index (χ0v) is 10.3. The van der Waals surface area contributed by atoms with Crippen LogP contribution in [0.1, 0.15) is 12.8 Å². The van der Waals surface area contributed by atoms with Gasteiger partial charge in [0.25, 0.3) is 0 Å². The SMILES string of the molecule is CSc1cc(N2CCCC2CCl)ncn1. The fourth-order valence-corrected chi connectivity index (χ4v) is 2.59. The lowest BCUT2D eigenvalue weighted by Gasteiger charge is -2.23. The third-order valence-corrected chi connectivity index (χ3v) is 3.68. The van der Waals surface area contributed by atoms with Crippen LogP contribution in [0.3, 0.4) is 0 Å². The van der Waals surface area contributed by atoms with Gasteiger partial charge in [-0.25, -0.2) is 9.97 Å². The van der Waals surface area contributed by atoms with E-state index in [1.54, 1.807) is 18.1 Å². The molecule has 0 N–H and O–H groups in total. The Morgan fingerprint density at radius 2 is 2.47 bits per heavy atom. The number of hydrogen-bond donors (Lipinski definition) is 0. The van der Waals surface area contributed by atoms with Crippen molar-refractivity contribution in [2.45, 2.75) is 23.9 Å². The molecule has 2 rings (SSSR count). The second kappa shape index (κ2) is 5.03. The number of nitrogens with zero attached hydrogens (tertiary/aromatic N) is 3. The Bertz CT molecular complexity index is 334. The van der Waals surface area contributed by atoms with E-state index in [4.69, 9.17) is 11.6 Å². The van der Waals surface area contributed by atoms with E-state index in [0.717, 1.165) is 17.4 Å². The first-order chi connectivity index (χ1) is 7.35. The van der Waals surface area contributed by atoms with E-state index < -0.39 is 0 Å². The molecule has 0 radical (unpaired) electrons. The summed E-state index contributed by atoms with van der Waals surface area (Å²) in [5.74, 6) is 1.69. The maximum Gasteiger partial charge on any atom is 0.133 e. The largest absolute Gasteiger partial charge is 0.352 e. The molecular weight excluding hydrogens is 230 g/mol. The molecule has 1 aliphatic heterocycles. The Balaban J connectivity index is 2.20. The summed E-state index contributed by atoms with van der Waals surface area (Å²) in [6, 6.07) is 2.48. The van der Waals surface area contributed by atoms with Gasteiger partial charge in [-0.15, -0.1) is 23.4 Å². The minimum absolute atomic E-state index is 0.441. The van der Waals surface area contributed by atoms with Crippen LogP contribution in [0.15, 0.2) is 17.4 Å². The molecule has 1 aliphatic rings. The van der Waals surface area contributed by atoms with Gasteiger partial charge in [-0.2, -0.15) is 0 Å². The van der Waals surface area contributed by atoms with E-state index >= 15 is 0 Å². The van der Waals surface area contributed by atoms with Crippen LogP contribution in [-0.2, 0) is 0 Å². The summed E-state index contributed by atoms with van der Waals surface area (Å²) >= 11 is 7.58. The van der Waals surface area contributed by atoms with E-state index in [0.29, 0.717) is 11.9 Å². The quantitative estimate of drug-likeness (QED) is 0.463. The van der Waals surface area contributed by atoms with Gasteiger partial charge in [0.2, 0.25) is 0 Å². The summed E-state index contributed by atoms with van der Waals surface area (Å²) < 4.78 is 0.